The van der Waals surface area contributed by atoms with E-state index < -0.39 is 10.0 Å². The molecular formula is C14H14BrNO2S. The molecule has 5 heteroatoms. The van der Waals surface area contributed by atoms with Crippen LogP contribution in [0.4, 0.5) is 5.69 Å². The summed E-state index contributed by atoms with van der Waals surface area (Å²) in [7, 11) is -1.97. The number of anilines is 1. The van der Waals surface area contributed by atoms with Crippen molar-refractivity contribution >= 4 is 31.6 Å². The zero-order chi connectivity index (χ0) is 14.0. The normalized spacial score (nSPS) is 11.3. The molecule has 3 nitrogen and oxygen atoms in total. The molecule has 0 atom stereocenters. The van der Waals surface area contributed by atoms with Crippen molar-refractivity contribution in [1.29, 1.82) is 0 Å². The minimum atomic E-state index is -3.53. The second-order valence-electron chi connectivity index (χ2n) is 4.27. The van der Waals surface area contributed by atoms with E-state index in [-0.39, 0.29) is 4.90 Å². The Kier molecular flexibility index (Phi) is 3.96. The second-order valence-corrected chi connectivity index (χ2v) is 7.15. The van der Waals surface area contributed by atoms with Gasteiger partial charge in [-0.3, -0.25) is 4.31 Å². The van der Waals surface area contributed by atoms with Crippen LogP contribution in [0.2, 0.25) is 0 Å². The molecule has 19 heavy (non-hydrogen) atoms. The van der Waals surface area contributed by atoms with E-state index in [1.165, 1.54) is 4.31 Å². The van der Waals surface area contributed by atoms with E-state index in [2.05, 4.69) is 15.9 Å². The largest absolute Gasteiger partial charge is 0.269 e. The number of halogens is 1. The first-order valence-electron chi connectivity index (χ1n) is 5.72. The summed E-state index contributed by atoms with van der Waals surface area (Å²) in [5, 5.41) is 0. The first kappa shape index (κ1) is 14.1. The van der Waals surface area contributed by atoms with Crippen molar-refractivity contribution < 1.29 is 8.42 Å². The summed E-state index contributed by atoms with van der Waals surface area (Å²) in [5.74, 6) is 0. The third-order valence-electron chi connectivity index (χ3n) is 2.82. The Labute approximate surface area is 122 Å². The third-order valence-corrected chi connectivity index (χ3v) is 5.09. The average molecular weight is 340 g/mol. The molecule has 0 spiro atoms. The number of sulfonamides is 1. The molecule has 100 valence electrons. The molecule has 0 aromatic heterocycles. The van der Waals surface area contributed by atoms with Crippen molar-refractivity contribution in [2.45, 2.75) is 11.8 Å². The summed E-state index contributed by atoms with van der Waals surface area (Å²) in [6.07, 6.45) is 0. The van der Waals surface area contributed by atoms with Gasteiger partial charge in [0.25, 0.3) is 10.0 Å². The maximum atomic E-state index is 12.5. The Morgan fingerprint density at radius 1 is 1.05 bits per heavy atom. The van der Waals surface area contributed by atoms with Gasteiger partial charge in [-0.05, 0) is 42.8 Å². The van der Waals surface area contributed by atoms with Crippen LogP contribution in [0.3, 0.4) is 0 Å². The minimum absolute atomic E-state index is 0.269. The maximum absolute atomic E-state index is 12.5. The van der Waals surface area contributed by atoms with Crippen molar-refractivity contribution in [1.82, 2.24) is 0 Å². The van der Waals surface area contributed by atoms with Gasteiger partial charge in [0.05, 0.1) is 10.6 Å². The quantitative estimate of drug-likeness (QED) is 0.856. The summed E-state index contributed by atoms with van der Waals surface area (Å²) >= 11 is 3.29. The van der Waals surface area contributed by atoms with E-state index in [1.807, 2.05) is 25.1 Å². The number of hydrogen-bond donors (Lipinski definition) is 0. The van der Waals surface area contributed by atoms with E-state index in [1.54, 1.807) is 37.4 Å². The zero-order valence-corrected chi connectivity index (χ0v) is 13.1. The van der Waals surface area contributed by atoms with E-state index in [0.29, 0.717) is 5.69 Å². The topological polar surface area (TPSA) is 37.4 Å². The summed E-state index contributed by atoms with van der Waals surface area (Å²) in [6, 6.07) is 14.1. The number of nitrogens with zero attached hydrogens (tertiary/aromatic N) is 1. The van der Waals surface area contributed by atoms with Gasteiger partial charge in [-0.2, -0.15) is 0 Å². The van der Waals surface area contributed by atoms with Crippen molar-refractivity contribution in [3.8, 4) is 0 Å². The predicted molar refractivity (Wildman–Crippen MR) is 80.9 cm³/mol. The molecule has 0 saturated carbocycles. The van der Waals surface area contributed by atoms with Crippen LogP contribution < -0.4 is 4.31 Å². The van der Waals surface area contributed by atoms with Gasteiger partial charge in [0.1, 0.15) is 0 Å². The molecule has 0 amide bonds. The number of hydrogen-bond acceptors (Lipinski definition) is 2. The standard InChI is InChI=1S/C14H14BrNO2S/c1-11-5-3-7-13(9-11)16(2)19(17,18)14-8-4-6-12(15)10-14/h3-10H,1-2H3. The highest BCUT2D eigenvalue weighted by Gasteiger charge is 2.21. The summed E-state index contributed by atoms with van der Waals surface area (Å²) in [4.78, 5) is 0.269. The van der Waals surface area contributed by atoms with Crippen LogP contribution in [0.5, 0.6) is 0 Å². The molecule has 0 radical (unpaired) electrons. The molecule has 0 saturated heterocycles. The highest BCUT2D eigenvalue weighted by molar-refractivity contribution is 9.10. The highest BCUT2D eigenvalue weighted by Crippen LogP contribution is 2.24. The van der Waals surface area contributed by atoms with E-state index in [4.69, 9.17) is 0 Å². The molecule has 0 heterocycles. The van der Waals surface area contributed by atoms with Crippen molar-refractivity contribution in [2.24, 2.45) is 0 Å². The van der Waals surface area contributed by atoms with E-state index in [9.17, 15) is 8.42 Å². The molecule has 0 aliphatic rings. The fraction of sp³-hybridized carbons (Fsp3) is 0.143. The monoisotopic (exact) mass is 339 g/mol. The smallest absolute Gasteiger partial charge is 0.264 e. The lowest BCUT2D eigenvalue weighted by Gasteiger charge is -2.20. The minimum Gasteiger partial charge on any atom is -0.269 e. The second kappa shape index (κ2) is 5.35. The Hall–Kier alpha value is -1.33. The van der Waals surface area contributed by atoms with Gasteiger partial charge in [0.15, 0.2) is 0 Å². The average Bonchev–Trinajstić information content (AvgIpc) is 2.38. The predicted octanol–water partition coefficient (Wildman–Crippen LogP) is 3.58. The molecule has 2 aromatic rings. The number of benzene rings is 2. The lowest BCUT2D eigenvalue weighted by molar-refractivity contribution is 0.594. The van der Waals surface area contributed by atoms with Gasteiger partial charge >= 0.3 is 0 Å². The van der Waals surface area contributed by atoms with Crippen LogP contribution in [-0.4, -0.2) is 15.5 Å². The first-order valence-corrected chi connectivity index (χ1v) is 7.96. The van der Waals surface area contributed by atoms with Crippen LogP contribution in [0.15, 0.2) is 57.9 Å². The maximum Gasteiger partial charge on any atom is 0.264 e. The van der Waals surface area contributed by atoms with Crippen LogP contribution >= 0.6 is 15.9 Å². The molecule has 0 N–H and O–H groups in total. The Morgan fingerprint density at radius 2 is 1.74 bits per heavy atom. The zero-order valence-electron chi connectivity index (χ0n) is 10.7. The van der Waals surface area contributed by atoms with Gasteiger partial charge in [-0.15, -0.1) is 0 Å². The Balaban J connectivity index is 2.45. The lowest BCUT2D eigenvalue weighted by Crippen LogP contribution is -2.26. The molecular weight excluding hydrogens is 326 g/mol. The Morgan fingerprint density at radius 3 is 2.37 bits per heavy atom. The number of aryl methyl sites for hydroxylation is 1. The summed E-state index contributed by atoms with van der Waals surface area (Å²) < 4.78 is 27.0. The summed E-state index contributed by atoms with van der Waals surface area (Å²) in [5.41, 5.74) is 1.67. The van der Waals surface area contributed by atoms with Crippen LogP contribution in [0.25, 0.3) is 0 Å². The van der Waals surface area contributed by atoms with E-state index in [0.717, 1.165) is 10.0 Å². The van der Waals surface area contributed by atoms with Crippen molar-refractivity contribution in [2.75, 3.05) is 11.4 Å². The fourth-order valence-electron chi connectivity index (χ4n) is 1.75. The van der Waals surface area contributed by atoms with Gasteiger partial charge in [0, 0.05) is 11.5 Å². The van der Waals surface area contributed by atoms with E-state index >= 15 is 0 Å². The van der Waals surface area contributed by atoms with Crippen LogP contribution in [0, 0.1) is 6.92 Å². The molecule has 0 aliphatic carbocycles. The third kappa shape index (κ3) is 2.98. The molecule has 0 bridgehead atoms. The number of rotatable bonds is 3. The molecule has 0 unspecified atom stereocenters. The molecule has 0 fully saturated rings. The Bertz CT molecular complexity index is 698. The van der Waals surface area contributed by atoms with Gasteiger partial charge in [-0.25, -0.2) is 8.42 Å². The SMILES string of the molecule is Cc1cccc(N(C)S(=O)(=O)c2cccc(Br)c2)c1. The first-order chi connectivity index (χ1) is 8.91. The molecule has 2 rings (SSSR count). The van der Waals surface area contributed by atoms with Gasteiger partial charge in [-0.1, -0.05) is 34.1 Å². The van der Waals surface area contributed by atoms with Crippen LogP contribution in [-0.2, 0) is 10.0 Å². The molecule has 2 aromatic carbocycles. The fourth-order valence-corrected chi connectivity index (χ4v) is 3.53. The summed E-state index contributed by atoms with van der Waals surface area (Å²) in [6.45, 7) is 1.93. The van der Waals surface area contributed by atoms with Crippen LogP contribution in [0.1, 0.15) is 5.56 Å². The van der Waals surface area contributed by atoms with Gasteiger partial charge in [0.2, 0.25) is 0 Å². The highest BCUT2D eigenvalue weighted by atomic mass is 79.9. The van der Waals surface area contributed by atoms with Gasteiger partial charge < -0.3 is 0 Å². The van der Waals surface area contributed by atoms with Crippen molar-refractivity contribution in [3.05, 3.63) is 58.6 Å². The lowest BCUT2D eigenvalue weighted by atomic mass is 10.2. The van der Waals surface area contributed by atoms with Crippen molar-refractivity contribution in [3.63, 3.8) is 0 Å². The molecule has 0 aliphatic heterocycles.